The predicted octanol–water partition coefficient (Wildman–Crippen LogP) is 2.32. The Morgan fingerprint density at radius 2 is 2.00 bits per heavy atom. The number of thioether (sulfide) groups is 1. The van der Waals surface area contributed by atoms with Crippen molar-refractivity contribution >= 4 is 32.8 Å². The first-order chi connectivity index (χ1) is 9.71. The van der Waals surface area contributed by atoms with Gasteiger partial charge in [-0.25, -0.2) is 0 Å². The highest BCUT2D eigenvalue weighted by molar-refractivity contribution is 8.14. The van der Waals surface area contributed by atoms with E-state index in [0.29, 0.717) is 31.0 Å². The molecule has 21 heavy (non-hydrogen) atoms. The van der Waals surface area contributed by atoms with Crippen LogP contribution in [0.2, 0.25) is 0 Å². The van der Waals surface area contributed by atoms with Crippen LogP contribution in [0.1, 0.15) is 46.5 Å². The first kappa shape index (κ1) is 18.6. The minimum Gasteiger partial charge on any atom is -0.366 e. The maximum atomic E-state index is 11.8. The molecule has 1 heterocycles. The number of ketones is 1. The maximum absolute atomic E-state index is 11.8. The molecule has 1 aliphatic heterocycles. The van der Waals surface area contributed by atoms with Gasteiger partial charge in [0.05, 0.1) is 6.61 Å². The largest absolute Gasteiger partial charge is 0.496 e. The lowest BCUT2D eigenvalue weighted by molar-refractivity contribution is -0.267. The maximum Gasteiger partial charge on any atom is 0.496 e. The zero-order valence-corrected chi connectivity index (χ0v) is 14.6. The zero-order chi connectivity index (χ0) is 15.9. The summed E-state index contributed by atoms with van der Waals surface area (Å²) in [5.41, 5.74) is -0.315. The van der Waals surface area contributed by atoms with Crippen LogP contribution in [0, 0.1) is 5.41 Å². The fourth-order valence-electron chi connectivity index (χ4n) is 1.76. The van der Waals surface area contributed by atoms with Gasteiger partial charge < -0.3 is 4.74 Å². The van der Waals surface area contributed by atoms with E-state index in [9.17, 15) is 13.2 Å². The van der Waals surface area contributed by atoms with Gasteiger partial charge in [-0.2, -0.15) is 0 Å². The van der Waals surface area contributed by atoms with Crippen LogP contribution in [0.15, 0.2) is 0 Å². The summed E-state index contributed by atoms with van der Waals surface area (Å²) in [5, 5.41) is 0.421. The summed E-state index contributed by atoms with van der Waals surface area (Å²) in [7, 11) is -3.53. The van der Waals surface area contributed by atoms with Gasteiger partial charge in [0.2, 0.25) is 0 Å². The van der Waals surface area contributed by atoms with Crippen molar-refractivity contribution in [1.29, 1.82) is 0 Å². The van der Waals surface area contributed by atoms with Crippen molar-refractivity contribution in [3.05, 3.63) is 0 Å². The summed E-state index contributed by atoms with van der Waals surface area (Å²) in [6.45, 7) is 6.56. The van der Waals surface area contributed by atoms with Crippen LogP contribution in [0.5, 0.6) is 0 Å². The van der Waals surface area contributed by atoms with Gasteiger partial charge in [-0.15, -0.1) is 12.3 Å². The molecule has 0 aromatic heterocycles. The Labute approximate surface area is 131 Å². The van der Waals surface area contributed by atoms with E-state index in [1.54, 1.807) is 0 Å². The van der Waals surface area contributed by atoms with Crippen LogP contribution < -0.4 is 0 Å². The second-order valence-electron chi connectivity index (χ2n) is 6.10. The van der Waals surface area contributed by atoms with Gasteiger partial charge in [0.15, 0.2) is 6.61 Å². The third-order valence-electron chi connectivity index (χ3n) is 3.07. The van der Waals surface area contributed by atoms with Crippen molar-refractivity contribution in [2.45, 2.75) is 46.5 Å². The number of hydrogen-bond donors (Lipinski definition) is 0. The molecular formula is C14H25O5S2+. The zero-order valence-electron chi connectivity index (χ0n) is 13.0. The standard InChI is InChI=1S/C14H25O5S2/c1-14(2,3)12(15)7-5-4-6-10-21(16,17)19-13-11-18-8-9-20-13/h4-11H2,1-3H3/q+1. The summed E-state index contributed by atoms with van der Waals surface area (Å²) in [6, 6.07) is 0. The summed E-state index contributed by atoms with van der Waals surface area (Å²) in [4.78, 5) is 11.7. The van der Waals surface area contributed by atoms with E-state index in [4.69, 9.17) is 8.61 Å². The molecule has 0 atom stereocenters. The van der Waals surface area contributed by atoms with Gasteiger partial charge in [-0.1, -0.05) is 27.2 Å². The Kier molecular flexibility index (Phi) is 7.36. The summed E-state index contributed by atoms with van der Waals surface area (Å²) >= 11 is 1.39. The molecule has 0 radical (unpaired) electrons. The van der Waals surface area contributed by atoms with E-state index in [-0.39, 0.29) is 23.6 Å². The molecule has 5 nitrogen and oxygen atoms in total. The fourth-order valence-corrected chi connectivity index (χ4v) is 3.83. The molecule has 0 N–H and O–H groups in total. The number of rotatable bonds is 7. The fraction of sp³-hybridized carbons (Fsp3) is 0.857. The number of unbranched alkanes of at least 4 members (excludes halogenated alkanes) is 2. The van der Waals surface area contributed by atoms with Crippen molar-refractivity contribution in [1.82, 2.24) is 0 Å². The molecule has 0 aromatic carbocycles. The SMILES string of the molecule is CC(C)(C)C(=O)CCCCCS(=O)(=O)[O+]=C1COCCS1. The lowest BCUT2D eigenvalue weighted by atomic mass is 9.88. The highest BCUT2D eigenvalue weighted by Gasteiger charge is 2.27. The first-order valence-corrected chi connectivity index (χ1v) is 9.79. The molecule has 0 aromatic rings. The Morgan fingerprint density at radius 3 is 2.57 bits per heavy atom. The second-order valence-corrected chi connectivity index (χ2v) is 8.94. The Hall–Kier alpha value is -0.400. The van der Waals surface area contributed by atoms with E-state index >= 15 is 0 Å². The van der Waals surface area contributed by atoms with Crippen LogP contribution in [0.25, 0.3) is 0 Å². The molecule has 0 amide bonds. The predicted molar refractivity (Wildman–Crippen MR) is 85.0 cm³/mol. The molecule has 122 valence electrons. The number of carbonyl (C=O) groups is 1. The number of carbonyl (C=O) groups excluding carboxylic acids is 2. The topological polar surface area (TPSA) is 71.7 Å². The third-order valence-corrected chi connectivity index (χ3v) is 5.31. The molecule has 0 saturated carbocycles. The molecule has 0 aliphatic carbocycles. The van der Waals surface area contributed by atoms with Crippen molar-refractivity contribution in [2.75, 3.05) is 24.7 Å². The lowest BCUT2D eigenvalue weighted by Crippen LogP contribution is -2.20. The van der Waals surface area contributed by atoms with Crippen LogP contribution in [-0.2, 0) is 23.5 Å². The van der Waals surface area contributed by atoms with E-state index in [0.717, 1.165) is 12.2 Å². The molecule has 7 heteroatoms. The Morgan fingerprint density at radius 1 is 1.29 bits per heavy atom. The average Bonchev–Trinajstić information content (AvgIpc) is 2.37. The van der Waals surface area contributed by atoms with E-state index in [2.05, 4.69) is 0 Å². The number of ether oxygens (including phenoxy) is 1. The summed E-state index contributed by atoms with van der Waals surface area (Å²) < 4.78 is 33.7. The third kappa shape index (κ3) is 7.97. The highest BCUT2D eigenvalue weighted by Crippen LogP contribution is 2.18. The first-order valence-electron chi connectivity index (χ1n) is 7.22. The molecule has 1 rings (SSSR count). The van der Waals surface area contributed by atoms with Gasteiger partial charge >= 0.3 is 15.2 Å². The molecule has 1 aliphatic rings. The second kappa shape index (κ2) is 8.29. The number of Topliss-reactive ketones (excluding diaryl/α,β-unsaturated/α-hetero) is 1. The molecular weight excluding hydrogens is 312 g/mol. The highest BCUT2D eigenvalue weighted by atomic mass is 32.2. The minimum absolute atomic E-state index is 0.0131. The Balaban J connectivity index is 2.27. The van der Waals surface area contributed by atoms with Crippen LogP contribution in [0.4, 0.5) is 0 Å². The summed E-state index contributed by atoms with van der Waals surface area (Å²) in [6.07, 6.45) is 2.45. The van der Waals surface area contributed by atoms with E-state index < -0.39 is 10.1 Å². The molecule has 1 fully saturated rings. The van der Waals surface area contributed by atoms with Gasteiger partial charge in [0, 0.05) is 17.6 Å². The quantitative estimate of drug-likeness (QED) is 0.526. The molecule has 0 bridgehead atoms. The smallest absolute Gasteiger partial charge is 0.366 e. The van der Waals surface area contributed by atoms with E-state index in [1.807, 2.05) is 20.8 Å². The van der Waals surface area contributed by atoms with Gasteiger partial charge in [0.25, 0.3) is 0 Å². The molecule has 0 spiro atoms. The van der Waals surface area contributed by atoms with Crippen LogP contribution in [0.3, 0.4) is 0 Å². The van der Waals surface area contributed by atoms with Gasteiger partial charge in [0.1, 0.15) is 11.5 Å². The average molecular weight is 337 g/mol. The minimum atomic E-state index is -3.53. The number of hydrogen-bond acceptors (Lipinski definition) is 5. The normalized spacial score (nSPS) is 18.9. The van der Waals surface area contributed by atoms with Crippen LogP contribution in [-0.4, -0.2) is 44.0 Å². The van der Waals surface area contributed by atoms with Gasteiger partial charge in [-0.05, 0) is 24.6 Å². The van der Waals surface area contributed by atoms with E-state index in [1.165, 1.54) is 11.8 Å². The van der Waals surface area contributed by atoms with Crippen molar-refractivity contribution < 1.29 is 21.8 Å². The van der Waals surface area contributed by atoms with Crippen LogP contribution >= 0.6 is 11.8 Å². The van der Waals surface area contributed by atoms with Crippen molar-refractivity contribution in [3.63, 3.8) is 0 Å². The monoisotopic (exact) mass is 337 g/mol. The summed E-state index contributed by atoms with van der Waals surface area (Å²) in [5.74, 6) is 0.925. The Bertz CT molecular complexity index is 466. The molecule has 1 saturated heterocycles. The van der Waals surface area contributed by atoms with Gasteiger partial charge in [-0.3, -0.25) is 4.79 Å². The lowest BCUT2D eigenvalue weighted by Gasteiger charge is -2.15. The molecule has 0 unspecified atom stereocenters. The van der Waals surface area contributed by atoms with Crippen molar-refractivity contribution in [3.8, 4) is 0 Å². The van der Waals surface area contributed by atoms with Crippen molar-refractivity contribution in [2.24, 2.45) is 5.41 Å².